The third-order valence-electron chi connectivity index (χ3n) is 3.21. The Balaban J connectivity index is 2.02. The maximum Gasteiger partial charge on any atom is 0.419 e. The molecule has 0 saturated heterocycles. The molecule has 3 rings (SSSR count). The van der Waals surface area contributed by atoms with Gasteiger partial charge in [-0.05, 0) is 32.4 Å². The molecule has 1 N–H and O–H groups in total. The van der Waals surface area contributed by atoms with E-state index in [1.165, 1.54) is 0 Å². The van der Waals surface area contributed by atoms with Gasteiger partial charge in [0.05, 0.1) is 5.69 Å². The molecule has 1 aromatic carbocycles. The number of benzene rings is 1. The summed E-state index contributed by atoms with van der Waals surface area (Å²) in [6, 6.07) is 7.87. The summed E-state index contributed by atoms with van der Waals surface area (Å²) in [4.78, 5) is 14.0. The lowest BCUT2D eigenvalue weighted by molar-refractivity contribution is 0.0596. The van der Waals surface area contributed by atoms with Gasteiger partial charge in [-0.1, -0.05) is 18.2 Å². The summed E-state index contributed by atoms with van der Waals surface area (Å²) >= 11 is 0. The number of para-hydroxylation sites is 1. The highest BCUT2D eigenvalue weighted by Crippen LogP contribution is 2.38. The van der Waals surface area contributed by atoms with Crippen molar-refractivity contribution in [3.8, 4) is 0 Å². The number of nitrogens with zero attached hydrogens (tertiary/aromatic N) is 1. The molecule has 4 nitrogen and oxygen atoms in total. The number of hydrogen-bond acceptors (Lipinski definition) is 3. The van der Waals surface area contributed by atoms with Crippen LogP contribution in [0.5, 0.6) is 0 Å². The topological polar surface area (TPSA) is 41.6 Å². The van der Waals surface area contributed by atoms with Gasteiger partial charge in [-0.15, -0.1) is 0 Å². The van der Waals surface area contributed by atoms with Gasteiger partial charge in [0.25, 0.3) is 0 Å². The molecule has 0 radical (unpaired) electrons. The molecule has 104 valence electrons. The number of amides is 1. The smallest absolute Gasteiger partial charge is 0.419 e. The van der Waals surface area contributed by atoms with E-state index in [4.69, 9.17) is 4.74 Å². The number of hydrogen-bond donors (Lipinski definition) is 1. The molecule has 0 unspecified atom stereocenters. The zero-order valence-electron chi connectivity index (χ0n) is 11.9. The van der Waals surface area contributed by atoms with Crippen LogP contribution in [-0.2, 0) is 4.74 Å². The van der Waals surface area contributed by atoms with E-state index >= 15 is 0 Å². The van der Waals surface area contributed by atoms with Crippen molar-refractivity contribution in [1.29, 1.82) is 0 Å². The Morgan fingerprint density at radius 1 is 1.30 bits per heavy atom. The minimum Gasteiger partial charge on any atom is -0.443 e. The van der Waals surface area contributed by atoms with Crippen LogP contribution in [0.2, 0.25) is 0 Å². The highest BCUT2D eigenvalue weighted by atomic mass is 16.6. The van der Waals surface area contributed by atoms with E-state index in [0.29, 0.717) is 0 Å². The molecule has 4 heteroatoms. The van der Waals surface area contributed by atoms with E-state index in [-0.39, 0.29) is 6.09 Å². The van der Waals surface area contributed by atoms with Crippen molar-refractivity contribution in [1.82, 2.24) is 5.32 Å². The molecular formula is C16H18N2O2. The summed E-state index contributed by atoms with van der Waals surface area (Å²) < 4.78 is 5.49. The summed E-state index contributed by atoms with van der Waals surface area (Å²) in [7, 11) is 0. The number of anilines is 1. The van der Waals surface area contributed by atoms with Gasteiger partial charge in [-0.2, -0.15) is 0 Å². The zero-order valence-corrected chi connectivity index (χ0v) is 11.9. The number of carbonyl (C=O) groups excluding carboxylic acids is 1. The van der Waals surface area contributed by atoms with Crippen LogP contribution in [0, 0.1) is 0 Å². The molecule has 0 bridgehead atoms. The van der Waals surface area contributed by atoms with Crippen molar-refractivity contribution in [2.45, 2.75) is 26.4 Å². The van der Waals surface area contributed by atoms with E-state index < -0.39 is 5.60 Å². The van der Waals surface area contributed by atoms with Crippen molar-refractivity contribution in [2.24, 2.45) is 0 Å². The normalized spacial score (nSPS) is 16.6. The van der Waals surface area contributed by atoms with E-state index in [2.05, 4.69) is 5.32 Å². The van der Waals surface area contributed by atoms with Crippen LogP contribution in [-0.4, -0.2) is 18.2 Å². The molecule has 0 fully saturated rings. The fourth-order valence-electron chi connectivity index (χ4n) is 2.42. The number of fused-ring (bicyclic) bond motifs is 3. The first-order chi connectivity index (χ1) is 9.46. The third kappa shape index (κ3) is 2.18. The third-order valence-corrected chi connectivity index (χ3v) is 3.21. The molecule has 1 aromatic rings. The van der Waals surface area contributed by atoms with E-state index in [1.807, 2.05) is 57.4 Å². The summed E-state index contributed by atoms with van der Waals surface area (Å²) in [6.07, 6.45) is 3.52. The molecular weight excluding hydrogens is 252 g/mol. The number of carbonyl (C=O) groups is 1. The van der Waals surface area contributed by atoms with Gasteiger partial charge in [0, 0.05) is 30.1 Å². The lowest BCUT2D eigenvalue weighted by Gasteiger charge is -2.30. The molecule has 2 heterocycles. The maximum absolute atomic E-state index is 12.4. The van der Waals surface area contributed by atoms with Gasteiger partial charge >= 0.3 is 6.09 Å². The van der Waals surface area contributed by atoms with Crippen LogP contribution in [0.15, 0.2) is 42.2 Å². The Kier molecular flexibility index (Phi) is 2.82. The lowest BCUT2D eigenvalue weighted by Crippen LogP contribution is -2.35. The molecule has 1 amide bonds. The molecule has 0 saturated carbocycles. The van der Waals surface area contributed by atoms with Gasteiger partial charge in [-0.3, -0.25) is 4.90 Å². The first kappa shape index (κ1) is 12.8. The monoisotopic (exact) mass is 270 g/mol. The van der Waals surface area contributed by atoms with Crippen LogP contribution in [0.3, 0.4) is 0 Å². The van der Waals surface area contributed by atoms with Crippen molar-refractivity contribution in [3.63, 3.8) is 0 Å². The predicted octanol–water partition coefficient (Wildman–Crippen LogP) is 3.27. The first-order valence-electron chi connectivity index (χ1n) is 6.72. The molecule has 2 aliphatic rings. The van der Waals surface area contributed by atoms with E-state index in [1.54, 1.807) is 4.90 Å². The Morgan fingerprint density at radius 3 is 2.80 bits per heavy atom. The molecule has 0 atom stereocenters. The highest BCUT2D eigenvalue weighted by molar-refractivity contribution is 6.01. The van der Waals surface area contributed by atoms with Gasteiger partial charge < -0.3 is 10.1 Å². The van der Waals surface area contributed by atoms with Crippen molar-refractivity contribution in [3.05, 3.63) is 47.8 Å². The molecule has 0 aliphatic carbocycles. The second kappa shape index (κ2) is 4.40. The maximum atomic E-state index is 12.4. The van der Waals surface area contributed by atoms with Crippen LogP contribution >= 0.6 is 0 Å². The average Bonchev–Trinajstić information content (AvgIpc) is 2.84. The van der Waals surface area contributed by atoms with Crippen molar-refractivity contribution in [2.75, 3.05) is 11.4 Å². The number of rotatable bonds is 0. The van der Waals surface area contributed by atoms with Crippen LogP contribution < -0.4 is 10.2 Å². The van der Waals surface area contributed by atoms with Gasteiger partial charge in [-0.25, -0.2) is 4.79 Å². The van der Waals surface area contributed by atoms with Crippen LogP contribution in [0.25, 0.3) is 5.57 Å². The fourth-order valence-corrected chi connectivity index (χ4v) is 2.42. The first-order valence-corrected chi connectivity index (χ1v) is 6.72. The summed E-state index contributed by atoms with van der Waals surface area (Å²) in [5.74, 6) is 0. The fraction of sp³-hybridized carbons (Fsp3) is 0.312. The number of ether oxygens (including phenoxy) is 1. The highest BCUT2D eigenvalue weighted by Gasteiger charge is 2.30. The Hall–Kier alpha value is -2.23. The minimum absolute atomic E-state index is 0.344. The lowest BCUT2D eigenvalue weighted by atomic mass is 9.96. The second-order valence-corrected chi connectivity index (χ2v) is 5.96. The minimum atomic E-state index is -0.505. The standard InChI is InChI=1S/C16H18N2O2/c1-16(2,3)20-15(19)18-10-11-8-17-9-13(11)12-6-4-5-7-14(12)18/h4-7,9-10,17H,8H2,1-3H3. The average molecular weight is 270 g/mol. The summed E-state index contributed by atoms with van der Waals surface area (Å²) in [5.41, 5.74) is 3.67. The molecule has 20 heavy (non-hydrogen) atoms. The quantitative estimate of drug-likeness (QED) is 0.786. The van der Waals surface area contributed by atoms with E-state index in [9.17, 15) is 4.79 Å². The second-order valence-electron chi connectivity index (χ2n) is 5.96. The largest absolute Gasteiger partial charge is 0.443 e. The van der Waals surface area contributed by atoms with Gasteiger partial charge in [0.15, 0.2) is 0 Å². The Morgan fingerprint density at radius 2 is 2.05 bits per heavy atom. The van der Waals surface area contributed by atoms with Crippen LogP contribution in [0.4, 0.5) is 10.5 Å². The molecule has 0 aromatic heterocycles. The van der Waals surface area contributed by atoms with Crippen molar-refractivity contribution < 1.29 is 9.53 Å². The molecule has 0 spiro atoms. The summed E-state index contributed by atoms with van der Waals surface area (Å²) in [6.45, 7) is 6.35. The summed E-state index contributed by atoms with van der Waals surface area (Å²) in [5, 5.41) is 3.20. The van der Waals surface area contributed by atoms with Crippen LogP contribution in [0.1, 0.15) is 26.3 Å². The van der Waals surface area contributed by atoms with Crippen molar-refractivity contribution >= 4 is 17.4 Å². The Bertz CT molecular complexity index is 624. The zero-order chi connectivity index (χ0) is 14.3. The van der Waals surface area contributed by atoms with E-state index in [0.717, 1.165) is 28.9 Å². The Labute approximate surface area is 118 Å². The molecule has 2 aliphatic heterocycles. The predicted molar refractivity (Wildman–Crippen MR) is 79.2 cm³/mol. The van der Waals surface area contributed by atoms with Gasteiger partial charge in [0.2, 0.25) is 0 Å². The number of nitrogens with one attached hydrogen (secondary N) is 1. The van der Waals surface area contributed by atoms with Gasteiger partial charge in [0.1, 0.15) is 5.60 Å². The SMILES string of the molecule is CC(C)(C)OC(=O)N1C=C2CNC=C2c2ccccc21.